The molecule has 0 aliphatic heterocycles. The number of thiophene rings is 1. The van der Waals surface area contributed by atoms with Crippen LogP contribution in [0.3, 0.4) is 0 Å². The Kier molecular flexibility index (Phi) is 11.4. The van der Waals surface area contributed by atoms with Crippen LogP contribution in [0.1, 0.15) is 23.3 Å². The number of para-hydroxylation sites is 1. The Hall–Kier alpha value is -3.58. The van der Waals surface area contributed by atoms with E-state index in [1.165, 1.54) is 10.4 Å². The van der Waals surface area contributed by atoms with E-state index in [0.29, 0.717) is 0 Å². The summed E-state index contributed by atoms with van der Waals surface area (Å²) in [7, 11) is 4.24. The summed E-state index contributed by atoms with van der Waals surface area (Å²) in [5, 5.41) is 40.5. The van der Waals surface area contributed by atoms with Crippen LogP contribution in [-0.2, 0) is 27.5 Å². The molecule has 0 spiro atoms. The van der Waals surface area contributed by atoms with E-state index in [1.54, 1.807) is 0 Å². The first-order valence-electron chi connectivity index (χ1n) is 11.4. The van der Waals surface area contributed by atoms with Crippen molar-refractivity contribution >= 4 is 29.2 Å². The lowest BCUT2D eigenvalue weighted by Gasteiger charge is -2.23. The first kappa shape index (κ1) is 29.6. The van der Waals surface area contributed by atoms with Crippen molar-refractivity contribution in [3.63, 3.8) is 0 Å². The number of aromatic nitrogens is 2. The molecule has 0 saturated carbocycles. The molecule has 200 valence electrons. The van der Waals surface area contributed by atoms with E-state index in [4.69, 9.17) is 20.4 Å². The molecule has 0 atom stereocenters. The summed E-state index contributed by atoms with van der Waals surface area (Å²) in [4.78, 5) is 36.6. The molecule has 1 aromatic carbocycles. The van der Waals surface area contributed by atoms with Crippen LogP contribution < -0.4 is 0 Å². The quantitative estimate of drug-likeness (QED) is 0.257. The van der Waals surface area contributed by atoms with Gasteiger partial charge in [-0.25, -0.2) is 9.48 Å². The van der Waals surface area contributed by atoms with Gasteiger partial charge in [0.15, 0.2) is 5.60 Å². The van der Waals surface area contributed by atoms with Crippen molar-refractivity contribution in [2.24, 2.45) is 0 Å². The summed E-state index contributed by atoms with van der Waals surface area (Å²) in [6.07, 6.45) is 1.82. The first-order valence-corrected chi connectivity index (χ1v) is 12.2. The summed E-state index contributed by atoms with van der Waals surface area (Å²) < 4.78 is 1.95. The van der Waals surface area contributed by atoms with E-state index in [2.05, 4.69) is 64.8 Å². The molecule has 12 heteroatoms. The first-order chi connectivity index (χ1) is 17.5. The second kappa shape index (κ2) is 14.2. The number of nitrogens with zero attached hydrogens (tertiary/aromatic N) is 4. The van der Waals surface area contributed by atoms with Crippen LogP contribution in [0.25, 0.3) is 5.69 Å². The Balaban J connectivity index is 0.000000317. The summed E-state index contributed by atoms with van der Waals surface area (Å²) in [6, 6.07) is 14.6. The van der Waals surface area contributed by atoms with E-state index in [1.807, 2.05) is 40.4 Å². The lowest BCUT2D eigenvalue weighted by molar-refractivity contribution is -0.170. The van der Waals surface area contributed by atoms with Gasteiger partial charge in [0.2, 0.25) is 0 Å². The molecule has 2 heterocycles. The van der Waals surface area contributed by atoms with Crippen LogP contribution in [0, 0.1) is 0 Å². The zero-order valence-electron chi connectivity index (χ0n) is 20.7. The molecule has 0 radical (unpaired) electrons. The highest BCUT2D eigenvalue weighted by Gasteiger charge is 2.40. The van der Waals surface area contributed by atoms with Crippen LogP contribution in [0.15, 0.2) is 60.2 Å². The smallest absolute Gasteiger partial charge is 0.336 e. The number of aliphatic carboxylic acids is 3. The van der Waals surface area contributed by atoms with Gasteiger partial charge in [0.05, 0.1) is 24.7 Å². The average Bonchev–Trinajstić information content (AvgIpc) is 3.50. The predicted octanol–water partition coefficient (Wildman–Crippen LogP) is 2.25. The molecule has 3 aromatic rings. The molecule has 0 unspecified atom stereocenters. The van der Waals surface area contributed by atoms with Gasteiger partial charge in [0.1, 0.15) is 0 Å². The summed E-state index contributed by atoms with van der Waals surface area (Å²) in [6.45, 7) is 4.00. The number of carboxylic acids is 3. The van der Waals surface area contributed by atoms with Crippen molar-refractivity contribution in [2.75, 3.05) is 27.2 Å². The second-order valence-corrected chi connectivity index (χ2v) is 9.73. The molecule has 37 heavy (non-hydrogen) atoms. The highest BCUT2D eigenvalue weighted by atomic mass is 32.1. The van der Waals surface area contributed by atoms with Gasteiger partial charge in [-0.15, -0.1) is 11.3 Å². The van der Waals surface area contributed by atoms with Crippen molar-refractivity contribution in [1.82, 2.24) is 19.6 Å². The molecule has 0 aliphatic rings. The van der Waals surface area contributed by atoms with Crippen molar-refractivity contribution in [1.29, 1.82) is 0 Å². The molecule has 0 amide bonds. The monoisotopic (exact) mass is 532 g/mol. The van der Waals surface area contributed by atoms with Crippen LogP contribution in [0.5, 0.6) is 0 Å². The van der Waals surface area contributed by atoms with Crippen molar-refractivity contribution < 1.29 is 34.8 Å². The molecule has 0 saturated heterocycles. The standard InChI is InChI=1S/C19H24N4S.C6H8O7/c1-21(2)10-11-22(16-19-9-6-12-24-19)14-17-13-20-23(15-17)18-7-4-3-5-8-18;7-3(8)1-6(13,5(11)12)2-4(9)10/h3-9,12-13,15H,10-11,14,16H2,1-2H3;13H,1-2H2,(H,7,8)(H,9,10)(H,11,12). The van der Waals surface area contributed by atoms with Crippen molar-refractivity contribution in [2.45, 2.75) is 31.5 Å². The van der Waals surface area contributed by atoms with Crippen LogP contribution >= 0.6 is 11.3 Å². The van der Waals surface area contributed by atoms with Gasteiger partial charge in [-0.1, -0.05) is 24.3 Å². The minimum absolute atomic E-state index is 0.915. The molecule has 0 aliphatic carbocycles. The minimum atomic E-state index is -2.74. The summed E-state index contributed by atoms with van der Waals surface area (Å²) in [5.41, 5.74) is -0.395. The molecule has 4 N–H and O–H groups in total. The molecule has 2 aromatic heterocycles. The number of likely N-dealkylation sites (N-methyl/N-ethyl adjacent to an activating group) is 1. The number of benzene rings is 1. The number of carboxylic acid groups (broad SMARTS) is 3. The van der Waals surface area contributed by atoms with Crippen LogP contribution in [0.4, 0.5) is 0 Å². The third kappa shape index (κ3) is 10.5. The Morgan fingerprint density at radius 2 is 1.59 bits per heavy atom. The maximum atomic E-state index is 10.3. The molecule has 0 bridgehead atoms. The lowest BCUT2D eigenvalue weighted by atomic mass is 9.96. The van der Waals surface area contributed by atoms with Crippen LogP contribution in [0.2, 0.25) is 0 Å². The fourth-order valence-corrected chi connectivity index (χ4v) is 4.06. The fraction of sp³-hybridized carbons (Fsp3) is 0.360. The predicted molar refractivity (Wildman–Crippen MR) is 138 cm³/mol. The third-order valence-corrected chi connectivity index (χ3v) is 6.03. The highest BCUT2D eigenvalue weighted by Crippen LogP contribution is 2.16. The number of carbonyl (C=O) groups is 3. The van der Waals surface area contributed by atoms with Crippen LogP contribution in [-0.4, -0.2) is 90.7 Å². The molecule has 11 nitrogen and oxygen atoms in total. The Morgan fingerprint density at radius 3 is 2.11 bits per heavy atom. The second-order valence-electron chi connectivity index (χ2n) is 8.70. The largest absolute Gasteiger partial charge is 0.481 e. The van der Waals surface area contributed by atoms with Gasteiger partial charge < -0.3 is 25.3 Å². The maximum absolute atomic E-state index is 10.3. The third-order valence-electron chi connectivity index (χ3n) is 5.17. The van der Waals surface area contributed by atoms with E-state index in [0.717, 1.165) is 31.9 Å². The molecule has 3 rings (SSSR count). The Bertz CT molecular complexity index is 1120. The van der Waals surface area contributed by atoms with Gasteiger partial charge in [0, 0.05) is 42.8 Å². The van der Waals surface area contributed by atoms with E-state index in [9.17, 15) is 14.4 Å². The highest BCUT2D eigenvalue weighted by molar-refractivity contribution is 7.09. The van der Waals surface area contributed by atoms with Gasteiger partial charge in [0.25, 0.3) is 0 Å². The molecular formula is C25H32N4O7S. The van der Waals surface area contributed by atoms with Crippen molar-refractivity contribution in [3.8, 4) is 5.69 Å². The van der Waals surface area contributed by atoms with Gasteiger partial charge >= 0.3 is 17.9 Å². The number of hydrogen-bond donors (Lipinski definition) is 4. The van der Waals surface area contributed by atoms with E-state index in [-0.39, 0.29) is 0 Å². The Morgan fingerprint density at radius 1 is 0.946 bits per heavy atom. The Labute approximate surface area is 218 Å². The number of rotatable bonds is 13. The fourth-order valence-electron chi connectivity index (χ4n) is 3.31. The van der Waals surface area contributed by atoms with Gasteiger partial charge in [-0.2, -0.15) is 5.10 Å². The zero-order valence-corrected chi connectivity index (χ0v) is 21.5. The van der Waals surface area contributed by atoms with Gasteiger partial charge in [-0.3, -0.25) is 14.5 Å². The van der Waals surface area contributed by atoms with E-state index >= 15 is 0 Å². The topological polar surface area (TPSA) is 156 Å². The molecular weight excluding hydrogens is 500 g/mol. The normalized spacial score (nSPS) is 11.3. The maximum Gasteiger partial charge on any atom is 0.336 e. The average molecular weight is 533 g/mol. The summed E-state index contributed by atoms with van der Waals surface area (Å²) >= 11 is 1.82. The SMILES string of the molecule is CN(C)CCN(Cc1cnn(-c2ccccc2)c1)Cc1cccs1.O=C(O)CC(O)(CC(=O)O)C(=O)O. The van der Waals surface area contributed by atoms with Gasteiger partial charge in [-0.05, 0) is 37.7 Å². The number of hydrogen-bond acceptors (Lipinski definition) is 8. The van der Waals surface area contributed by atoms with E-state index < -0.39 is 36.4 Å². The molecule has 0 fully saturated rings. The number of aliphatic hydroxyl groups is 1. The zero-order chi connectivity index (χ0) is 27.4. The van der Waals surface area contributed by atoms with Crippen molar-refractivity contribution in [3.05, 3.63) is 70.7 Å². The minimum Gasteiger partial charge on any atom is -0.481 e. The summed E-state index contributed by atoms with van der Waals surface area (Å²) in [5.74, 6) is -5.02. The lowest BCUT2D eigenvalue weighted by Crippen LogP contribution is -2.42.